The van der Waals surface area contributed by atoms with Crippen LogP contribution in [0.2, 0.25) is 5.02 Å². The van der Waals surface area contributed by atoms with Gasteiger partial charge in [-0.2, -0.15) is 0 Å². The van der Waals surface area contributed by atoms with Gasteiger partial charge in [-0.3, -0.25) is 9.97 Å². The lowest BCUT2D eigenvalue weighted by molar-refractivity contribution is 1.10. The van der Waals surface area contributed by atoms with E-state index >= 15 is 0 Å². The fourth-order valence-corrected chi connectivity index (χ4v) is 1.97. The van der Waals surface area contributed by atoms with Crippen LogP contribution in [0.25, 0.3) is 17.8 Å². The summed E-state index contributed by atoms with van der Waals surface area (Å²) in [5.41, 5.74) is 3.42. The zero-order chi connectivity index (χ0) is 13.2. The maximum absolute atomic E-state index is 5.93. The van der Waals surface area contributed by atoms with Crippen LogP contribution in [0.5, 0.6) is 0 Å². The average Bonchev–Trinajstić information content (AvgIpc) is 2.78. The minimum absolute atomic E-state index is 0.685. The van der Waals surface area contributed by atoms with Crippen LogP contribution in [0, 0.1) is 6.92 Å². The Morgan fingerprint density at radius 1 is 1.05 bits per heavy atom. The van der Waals surface area contributed by atoms with Crippen molar-refractivity contribution in [2.75, 3.05) is 0 Å². The molecule has 4 nitrogen and oxygen atoms in total. The molecule has 0 spiro atoms. The first-order valence-corrected chi connectivity index (χ1v) is 6.19. The molecule has 0 atom stereocenters. The number of rotatable bonds is 2. The van der Waals surface area contributed by atoms with Crippen LogP contribution in [0.15, 0.2) is 36.9 Å². The zero-order valence-corrected chi connectivity index (χ0v) is 11.0. The molecular formula is C14H11ClN4. The number of fused-ring (bicyclic) bond motifs is 1. The largest absolute Gasteiger partial charge is 0.305 e. The molecule has 94 valence electrons. The number of aromatic nitrogens is 4. The molecule has 0 amide bonds. The Kier molecular flexibility index (Phi) is 3.01. The van der Waals surface area contributed by atoms with Gasteiger partial charge in [-0.1, -0.05) is 11.6 Å². The highest BCUT2D eigenvalue weighted by Crippen LogP contribution is 2.13. The fraction of sp³-hybridized carbons (Fsp3) is 0.0714. The second-order valence-corrected chi connectivity index (χ2v) is 4.63. The summed E-state index contributed by atoms with van der Waals surface area (Å²) < 4.78 is 1.89. The minimum atomic E-state index is 0.685. The maximum Gasteiger partial charge on any atom is 0.137 e. The Hall–Kier alpha value is -2.20. The fourth-order valence-electron chi connectivity index (χ4n) is 1.80. The molecule has 0 N–H and O–H groups in total. The van der Waals surface area contributed by atoms with Crippen molar-refractivity contribution in [1.29, 1.82) is 0 Å². The van der Waals surface area contributed by atoms with Gasteiger partial charge in [0, 0.05) is 18.6 Å². The first-order valence-electron chi connectivity index (χ1n) is 5.82. The van der Waals surface area contributed by atoms with Crippen molar-refractivity contribution in [3.8, 4) is 0 Å². The number of halogens is 1. The third-order valence-corrected chi connectivity index (χ3v) is 2.86. The molecule has 0 aliphatic rings. The normalized spacial score (nSPS) is 11.5. The quantitative estimate of drug-likeness (QED) is 0.718. The van der Waals surface area contributed by atoms with Gasteiger partial charge in [0.15, 0.2) is 0 Å². The van der Waals surface area contributed by atoms with Crippen LogP contribution < -0.4 is 0 Å². The zero-order valence-electron chi connectivity index (χ0n) is 10.3. The molecule has 0 saturated carbocycles. The van der Waals surface area contributed by atoms with Crippen LogP contribution in [-0.2, 0) is 0 Å². The third-order valence-electron chi connectivity index (χ3n) is 2.63. The Labute approximate surface area is 115 Å². The van der Waals surface area contributed by atoms with Crippen molar-refractivity contribution in [3.63, 3.8) is 0 Å². The third kappa shape index (κ3) is 2.63. The van der Waals surface area contributed by atoms with Gasteiger partial charge in [-0.15, -0.1) is 0 Å². The van der Waals surface area contributed by atoms with Crippen LogP contribution >= 0.6 is 11.6 Å². The van der Waals surface area contributed by atoms with E-state index in [2.05, 4.69) is 15.0 Å². The summed E-state index contributed by atoms with van der Waals surface area (Å²) in [7, 11) is 0. The Morgan fingerprint density at radius 3 is 2.74 bits per heavy atom. The first kappa shape index (κ1) is 11.9. The summed E-state index contributed by atoms with van der Waals surface area (Å²) in [5.74, 6) is 0. The van der Waals surface area contributed by atoms with E-state index in [-0.39, 0.29) is 0 Å². The first-order chi connectivity index (χ1) is 9.20. The van der Waals surface area contributed by atoms with Crippen molar-refractivity contribution in [3.05, 3.63) is 59.0 Å². The van der Waals surface area contributed by atoms with E-state index in [9.17, 15) is 0 Å². The molecule has 0 fully saturated rings. The van der Waals surface area contributed by atoms with Crippen molar-refractivity contribution >= 4 is 29.4 Å². The van der Waals surface area contributed by atoms with Gasteiger partial charge in [0.05, 0.1) is 28.3 Å². The minimum Gasteiger partial charge on any atom is -0.305 e. The van der Waals surface area contributed by atoms with Crippen LogP contribution in [-0.4, -0.2) is 19.4 Å². The Morgan fingerprint density at radius 2 is 1.89 bits per heavy atom. The molecule has 0 radical (unpaired) electrons. The summed E-state index contributed by atoms with van der Waals surface area (Å²) in [6.07, 6.45) is 11.0. The lowest BCUT2D eigenvalue weighted by Crippen LogP contribution is -1.86. The van der Waals surface area contributed by atoms with E-state index in [1.807, 2.05) is 48.0 Å². The maximum atomic E-state index is 5.93. The molecule has 5 heteroatoms. The number of pyridine rings is 1. The highest BCUT2D eigenvalue weighted by molar-refractivity contribution is 6.30. The van der Waals surface area contributed by atoms with Crippen molar-refractivity contribution in [1.82, 2.24) is 19.4 Å². The predicted molar refractivity (Wildman–Crippen MR) is 75.9 cm³/mol. The molecule has 0 aliphatic carbocycles. The summed E-state index contributed by atoms with van der Waals surface area (Å²) in [6.45, 7) is 1.91. The number of hydrogen-bond donors (Lipinski definition) is 0. The lowest BCUT2D eigenvalue weighted by Gasteiger charge is -1.92. The van der Waals surface area contributed by atoms with Crippen molar-refractivity contribution < 1.29 is 0 Å². The number of hydrogen-bond acceptors (Lipinski definition) is 3. The summed E-state index contributed by atoms with van der Waals surface area (Å²) in [6, 6.07) is 3.70. The van der Waals surface area contributed by atoms with Gasteiger partial charge >= 0.3 is 0 Å². The van der Waals surface area contributed by atoms with Crippen molar-refractivity contribution in [2.45, 2.75) is 6.92 Å². The number of aryl methyl sites for hydroxylation is 1. The Balaban J connectivity index is 1.92. The van der Waals surface area contributed by atoms with Crippen LogP contribution in [0.3, 0.4) is 0 Å². The highest BCUT2D eigenvalue weighted by atomic mass is 35.5. The van der Waals surface area contributed by atoms with E-state index in [0.29, 0.717) is 5.02 Å². The van der Waals surface area contributed by atoms with E-state index in [1.165, 1.54) is 0 Å². The van der Waals surface area contributed by atoms with Crippen LogP contribution in [0.1, 0.15) is 17.1 Å². The summed E-state index contributed by atoms with van der Waals surface area (Å²) >= 11 is 5.93. The van der Waals surface area contributed by atoms with E-state index in [0.717, 1.165) is 22.7 Å². The topological polar surface area (TPSA) is 43.1 Å². The molecule has 3 aromatic rings. The van der Waals surface area contributed by atoms with E-state index in [1.54, 1.807) is 12.4 Å². The molecule has 0 bridgehead atoms. The molecule has 0 unspecified atom stereocenters. The monoisotopic (exact) mass is 270 g/mol. The van der Waals surface area contributed by atoms with E-state index in [4.69, 9.17) is 11.6 Å². The van der Waals surface area contributed by atoms with Gasteiger partial charge in [-0.25, -0.2) is 4.98 Å². The van der Waals surface area contributed by atoms with E-state index < -0.39 is 0 Å². The molecule has 3 heterocycles. The summed E-state index contributed by atoms with van der Waals surface area (Å²) in [4.78, 5) is 12.9. The van der Waals surface area contributed by atoms with Gasteiger partial charge in [0.25, 0.3) is 0 Å². The molecular weight excluding hydrogens is 260 g/mol. The standard InChI is InChI=1S/C14H11ClN4/c1-10-6-16-7-12(17-10)3-4-13-9-19-8-11(15)2-5-14(19)18-13/h2-9H,1H3/b4-3+. The second-order valence-electron chi connectivity index (χ2n) is 4.20. The Bertz CT molecular complexity index is 761. The van der Waals surface area contributed by atoms with Crippen molar-refractivity contribution in [2.24, 2.45) is 0 Å². The van der Waals surface area contributed by atoms with Crippen LogP contribution in [0.4, 0.5) is 0 Å². The van der Waals surface area contributed by atoms with Gasteiger partial charge in [0.1, 0.15) is 5.65 Å². The number of nitrogens with zero attached hydrogens (tertiary/aromatic N) is 4. The summed E-state index contributed by atoms with van der Waals surface area (Å²) in [5, 5.41) is 0.685. The highest BCUT2D eigenvalue weighted by Gasteiger charge is 1.99. The molecule has 19 heavy (non-hydrogen) atoms. The SMILES string of the molecule is Cc1cncc(/C=C/c2cn3cc(Cl)ccc3n2)n1. The van der Waals surface area contributed by atoms with Gasteiger partial charge in [0.2, 0.25) is 0 Å². The molecule has 0 saturated heterocycles. The average molecular weight is 271 g/mol. The molecule has 3 aromatic heterocycles. The lowest BCUT2D eigenvalue weighted by atomic mass is 10.3. The molecule has 3 rings (SSSR count). The van der Waals surface area contributed by atoms with Gasteiger partial charge < -0.3 is 4.40 Å². The predicted octanol–water partition coefficient (Wildman–Crippen LogP) is 3.26. The smallest absolute Gasteiger partial charge is 0.137 e. The molecule has 0 aliphatic heterocycles. The second kappa shape index (κ2) is 4.82. The number of imidazole rings is 1. The van der Waals surface area contributed by atoms with Gasteiger partial charge in [-0.05, 0) is 31.2 Å². The molecule has 0 aromatic carbocycles.